The van der Waals surface area contributed by atoms with Crippen LogP contribution in [0, 0.1) is 5.82 Å². The quantitative estimate of drug-likeness (QED) is 0.629. The predicted octanol–water partition coefficient (Wildman–Crippen LogP) is 5.01. The summed E-state index contributed by atoms with van der Waals surface area (Å²) in [5.41, 5.74) is 1.01. The van der Waals surface area contributed by atoms with Gasteiger partial charge in [-0.15, -0.1) is 0 Å². The van der Waals surface area contributed by atoms with Crippen LogP contribution in [-0.4, -0.2) is 28.8 Å². The van der Waals surface area contributed by atoms with Gasteiger partial charge in [-0.25, -0.2) is 4.39 Å². The molecule has 0 aliphatic heterocycles. The van der Waals surface area contributed by atoms with Crippen LogP contribution in [0.4, 0.5) is 4.39 Å². The van der Waals surface area contributed by atoms with Crippen LogP contribution in [0.3, 0.4) is 0 Å². The molecule has 2 aromatic rings. The highest BCUT2D eigenvalue weighted by molar-refractivity contribution is 6.42. The molecular weight excluding hydrogens is 414 g/mol. The van der Waals surface area contributed by atoms with Crippen LogP contribution in [0.5, 0.6) is 0 Å². The minimum atomic E-state index is -0.738. The van der Waals surface area contributed by atoms with Crippen LogP contribution in [0.25, 0.3) is 0 Å². The normalized spacial score (nSPS) is 12.9. The van der Waals surface area contributed by atoms with Gasteiger partial charge in [0.1, 0.15) is 11.9 Å². The molecule has 4 nitrogen and oxygen atoms in total. The second kappa shape index (κ2) is 10.6. The lowest BCUT2D eigenvalue weighted by atomic mass is 10.1. The highest BCUT2D eigenvalue weighted by atomic mass is 35.5. The number of carbonyl (C=O) groups excluding carboxylic acids is 2. The van der Waals surface area contributed by atoms with Crippen LogP contribution in [0.2, 0.25) is 10.0 Å². The van der Waals surface area contributed by atoms with Crippen molar-refractivity contribution in [1.82, 2.24) is 10.2 Å². The highest BCUT2D eigenvalue weighted by Crippen LogP contribution is 2.24. The van der Waals surface area contributed by atoms with Crippen molar-refractivity contribution in [3.05, 3.63) is 69.5 Å². The van der Waals surface area contributed by atoms with Crippen molar-refractivity contribution in [3.63, 3.8) is 0 Å². The standard InChI is InChI=1S/C22H25Cl2FN2O2/c1-4-14(2)26-22(29)15(3)27(13-16-9-10-18(23)19(24)11-16)21(28)12-17-7-5-6-8-20(17)25/h5-11,14-15H,4,12-13H2,1-3H3,(H,26,29)/t14-,15+/m1/s1. The fourth-order valence-corrected chi connectivity index (χ4v) is 3.11. The van der Waals surface area contributed by atoms with Gasteiger partial charge < -0.3 is 10.2 Å². The molecule has 156 valence electrons. The summed E-state index contributed by atoms with van der Waals surface area (Å²) in [6, 6.07) is 10.4. The summed E-state index contributed by atoms with van der Waals surface area (Å²) in [7, 11) is 0. The van der Waals surface area contributed by atoms with Gasteiger partial charge >= 0.3 is 0 Å². The average Bonchev–Trinajstić information content (AvgIpc) is 2.69. The van der Waals surface area contributed by atoms with Crippen LogP contribution < -0.4 is 5.32 Å². The Hall–Kier alpha value is -2.11. The topological polar surface area (TPSA) is 49.4 Å². The predicted molar refractivity (Wildman–Crippen MR) is 114 cm³/mol. The summed E-state index contributed by atoms with van der Waals surface area (Å²) in [5.74, 6) is -1.07. The zero-order valence-electron chi connectivity index (χ0n) is 16.7. The Bertz CT molecular complexity index is 876. The maximum absolute atomic E-state index is 14.0. The summed E-state index contributed by atoms with van der Waals surface area (Å²) in [6.07, 6.45) is 0.628. The van der Waals surface area contributed by atoms with Crippen LogP contribution in [0.1, 0.15) is 38.3 Å². The molecule has 7 heteroatoms. The molecule has 2 rings (SSSR count). The van der Waals surface area contributed by atoms with E-state index in [1.54, 1.807) is 43.3 Å². The molecule has 0 aliphatic carbocycles. The van der Waals surface area contributed by atoms with Crippen LogP contribution >= 0.6 is 23.2 Å². The summed E-state index contributed by atoms with van der Waals surface area (Å²) in [5, 5.41) is 3.66. The van der Waals surface area contributed by atoms with Crippen molar-refractivity contribution in [3.8, 4) is 0 Å². The van der Waals surface area contributed by atoms with Gasteiger partial charge in [0.05, 0.1) is 16.5 Å². The first-order valence-electron chi connectivity index (χ1n) is 9.50. The first kappa shape index (κ1) is 23.2. The third kappa shape index (κ3) is 6.44. The number of hydrogen-bond acceptors (Lipinski definition) is 2. The molecule has 0 heterocycles. The molecule has 0 saturated carbocycles. The first-order valence-corrected chi connectivity index (χ1v) is 10.3. The number of benzene rings is 2. The Labute approximate surface area is 181 Å². The van der Waals surface area contributed by atoms with E-state index in [4.69, 9.17) is 23.2 Å². The van der Waals surface area contributed by atoms with E-state index in [0.29, 0.717) is 10.0 Å². The molecule has 2 aromatic carbocycles. The number of hydrogen-bond donors (Lipinski definition) is 1. The molecule has 0 radical (unpaired) electrons. The van der Waals surface area contributed by atoms with Crippen LogP contribution in [0.15, 0.2) is 42.5 Å². The fourth-order valence-electron chi connectivity index (χ4n) is 2.79. The van der Waals surface area contributed by atoms with E-state index in [0.717, 1.165) is 12.0 Å². The molecule has 2 atom stereocenters. The average molecular weight is 439 g/mol. The SMILES string of the molecule is CC[C@@H](C)NC(=O)[C@H](C)N(Cc1ccc(Cl)c(Cl)c1)C(=O)Cc1ccccc1F. The van der Waals surface area contributed by atoms with Gasteiger partial charge in [-0.1, -0.05) is 54.4 Å². The molecule has 0 saturated heterocycles. The molecule has 2 amide bonds. The lowest BCUT2D eigenvalue weighted by molar-refractivity contribution is -0.140. The van der Waals surface area contributed by atoms with E-state index < -0.39 is 11.9 Å². The Morgan fingerprint density at radius 3 is 2.41 bits per heavy atom. The summed E-state index contributed by atoms with van der Waals surface area (Å²) in [6.45, 7) is 5.68. The molecule has 29 heavy (non-hydrogen) atoms. The number of nitrogens with zero attached hydrogens (tertiary/aromatic N) is 1. The van der Waals surface area contributed by atoms with Crippen molar-refractivity contribution < 1.29 is 14.0 Å². The molecule has 0 fully saturated rings. The number of halogens is 3. The largest absolute Gasteiger partial charge is 0.352 e. The third-order valence-corrected chi connectivity index (χ3v) is 5.54. The Kier molecular flexibility index (Phi) is 8.47. The van der Waals surface area contributed by atoms with Crippen molar-refractivity contribution in [2.24, 2.45) is 0 Å². The molecule has 0 aliphatic rings. The summed E-state index contributed by atoms with van der Waals surface area (Å²) < 4.78 is 14.0. The van der Waals surface area contributed by atoms with Gasteiger partial charge in [0.15, 0.2) is 0 Å². The molecule has 0 aromatic heterocycles. The van der Waals surface area contributed by atoms with Gasteiger partial charge in [-0.05, 0) is 49.6 Å². The molecule has 0 spiro atoms. The molecule has 0 bridgehead atoms. The zero-order valence-corrected chi connectivity index (χ0v) is 18.2. The zero-order chi connectivity index (χ0) is 21.6. The van der Waals surface area contributed by atoms with Gasteiger partial charge in [0.25, 0.3) is 0 Å². The number of nitrogens with one attached hydrogen (secondary N) is 1. The molecule has 1 N–H and O–H groups in total. The lowest BCUT2D eigenvalue weighted by Crippen LogP contribution is -2.50. The van der Waals surface area contributed by atoms with Gasteiger partial charge in [0.2, 0.25) is 11.8 Å². The summed E-state index contributed by atoms with van der Waals surface area (Å²) in [4.78, 5) is 27.1. The third-order valence-electron chi connectivity index (χ3n) is 4.80. The van der Waals surface area contributed by atoms with E-state index >= 15 is 0 Å². The smallest absolute Gasteiger partial charge is 0.242 e. The van der Waals surface area contributed by atoms with Gasteiger partial charge in [0, 0.05) is 12.6 Å². The first-order chi connectivity index (χ1) is 13.7. The number of carbonyl (C=O) groups is 2. The Morgan fingerprint density at radius 1 is 1.10 bits per heavy atom. The van der Waals surface area contributed by atoms with Crippen LogP contribution in [-0.2, 0) is 22.6 Å². The lowest BCUT2D eigenvalue weighted by Gasteiger charge is -2.30. The maximum Gasteiger partial charge on any atom is 0.242 e. The number of rotatable bonds is 8. The van der Waals surface area contributed by atoms with E-state index in [-0.39, 0.29) is 36.4 Å². The number of amides is 2. The fraction of sp³-hybridized carbons (Fsp3) is 0.364. The van der Waals surface area contributed by atoms with Gasteiger partial charge in [-0.3, -0.25) is 9.59 Å². The van der Waals surface area contributed by atoms with E-state index in [1.807, 2.05) is 13.8 Å². The molecular formula is C22H25Cl2FN2O2. The maximum atomic E-state index is 14.0. The van der Waals surface area contributed by atoms with Crippen molar-refractivity contribution in [1.29, 1.82) is 0 Å². The van der Waals surface area contributed by atoms with Crippen molar-refractivity contribution in [2.45, 2.75) is 52.2 Å². The highest BCUT2D eigenvalue weighted by Gasteiger charge is 2.27. The van der Waals surface area contributed by atoms with Gasteiger partial charge in [-0.2, -0.15) is 0 Å². The second-order valence-corrected chi connectivity index (χ2v) is 7.85. The van der Waals surface area contributed by atoms with E-state index in [9.17, 15) is 14.0 Å². The van der Waals surface area contributed by atoms with Crippen molar-refractivity contribution in [2.75, 3.05) is 0 Å². The minimum Gasteiger partial charge on any atom is -0.352 e. The molecule has 0 unspecified atom stereocenters. The minimum absolute atomic E-state index is 0.0153. The van der Waals surface area contributed by atoms with Crippen molar-refractivity contribution >= 4 is 35.0 Å². The second-order valence-electron chi connectivity index (χ2n) is 7.03. The Morgan fingerprint density at radius 2 is 1.79 bits per heavy atom. The van der Waals surface area contributed by atoms with E-state index in [2.05, 4.69) is 5.32 Å². The summed E-state index contributed by atoms with van der Waals surface area (Å²) >= 11 is 12.1. The monoisotopic (exact) mass is 438 g/mol. The van der Waals surface area contributed by atoms with E-state index in [1.165, 1.54) is 11.0 Å². The Balaban J connectivity index is 2.28.